The van der Waals surface area contributed by atoms with Crippen LogP contribution in [0, 0.1) is 17.0 Å². The topological polar surface area (TPSA) is 96.3 Å². The van der Waals surface area contributed by atoms with Crippen molar-refractivity contribution in [3.05, 3.63) is 69.3 Å². The zero-order chi connectivity index (χ0) is 19.1. The summed E-state index contributed by atoms with van der Waals surface area (Å²) in [7, 11) is 0. The molecule has 8 heteroatoms. The van der Waals surface area contributed by atoms with Gasteiger partial charge in [-0.1, -0.05) is 37.3 Å². The number of hydrazine groups is 1. The fraction of sp³-hybridized carbons (Fsp3) is 0.222. The summed E-state index contributed by atoms with van der Waals surface area (Å²) in [5, 5.41) is 14.0. The van der Waals surface area contributed by atoms with Gasteiger partial charge in [-0.3, -0.25) is 25.8 Å². The fourth-order valence-electron chi connectivity index (χ4n) is 2.44. The molecule has 7 nitrogen and oxygen atoms in total. The maximum absolute atomic E-state index is 12.0. The van der Waals surface area contributed by atoms with E-state index in [1.165, 1.54) is 12.1 Å². The molecule has 0 aliphatic heterocycles. The van der Waals surface area contributed by atoms with Crippen LogP contribution in [0.25, 0.3) is 0 Å². The largest absolute Gasteiger partial charge is 0.331 e. The Labute approximate surface area is 156 Å². The van der Waals surface area contributed by atoms with Gasteiger partial charge in [0.15, 0.2) is 5.11 Å². The first-order chi connectivity index (χ1) is 12.4. The first-order valence-corrected chi connectivity index (χ1v) is 8.49. The number of non-ortho nitro benzene ring substituents is 1. The Kier molecular flexibility index (Phi) is 6.62. The van der Waals surface area contributed by atoms with Crippen LogP contribution in [0.5, 0.6) is 0 Å². The highest BCUT2D eigenvalue weighted by atomic mass is 32.1. The number of nitro benzene ring substituents is 1. The van der Waals surface area contributed by atoms with E-state index >= 15 is 0 Å². The molecule has 136 valence electrons. The van der Waals surface area contributed by atoms with Crippen LogP contribution >= 0.6 is 12.2 Å². The molecule has 0 aromatic heterocycles. The number of nitrogens with one attached hydrogen (secondary N) is 3. The number of hydrogen-bond acceptors (Lipinski definition) is 4. The SMILES string of the molecule is CCc1cccc(C)c1NC(=S)NNC(=O)Cc1ccc([N+](=O)[O-])cc1. The van der Waals surface area contributed by atoms with Crippen LogP contribution < -0.4 is 16.2 Å². The second-order valence-electron chi connectivity index (χ2n) is 5.69. The van der Waals surface area contributed by atoms with Crippen molar-refractivity contribution in [1.82, 2.24) is 10.9 Å². The average molecular weight is 372 g/mol. The summed E-state index contributed by atoms with van der Waals surface area (Å²) in [4.78, 5) is 22.1. The molecule has 0 aliphatic carbocycles. The number of hydrogen-bond donors (Lipinski definition) is 3. The zero-order valence-electron chi connectivity index (χ0n) is 14.5. The van der Waals surface area contributed by atoms with E-state index in [-0.39, 0.29) is 23.1 Å². The Bertz CT molecular complexity index is 822. The lowest BCUT2D eigenvalue weighted by Crippen LogP contribution is -2.44. The second kappa shape index (κ2) is 8.91. The Balaban J connectivity index is 1.87. The molecule has 0 heterocycles. The lowest BCUT2D eigenvalue weighted by molar-refractivity contribution is -0.384. The Morgan fingerprint density at radius 3 is 2.46 bits per heavy atom. The minimum absolute atomic E-state index is 0.0115. The highest BCUT2D eigenvalue weighted by Crippen LogP contribution is 2.20. The first-order valence-electron chi connectivity index (χ1n) is 8.08. The van der Waals surface area contributed by atoms with Crippen molar-refractivity contribution in [2.24, 2.45) is 0 Å². The zero-order valence-corrected chi connectivity index (χ0v) is 15.4. The molecule has 26 heavy (non-hydrogen) atoms. The van der Waals surface area contributed by atoms with Gasteiger partial charge in [0.2, 0.25) is 5.91 Å². The summed E-state index contributed by atoms with van der Waals surface area (Å²) in [6.07, 6.45) is 0.942. The first kappa shape index (κ1) is 19.3. The van der Waals surface area contributed by atoms with Gasteiger partial charge in [0.25, 0.3) is 5.69 Å². The van der Waals surface area contributed by atoms with E-state index in [0.717, 1.165) is 23.2 Å². The van der Waals surface area contributed by atoms with Gasteiger partial charge in [-0.15, -0.1) is 0 Å². The number of amides is 1. The molecular formula is C18H20N4O3S. The Morgan fingerprint density at radius 2 is 1.85 bits per heavy atom. The van der Waals surface area contributed by atoms with Crippen LogP contribution in [-0.2, 0) is 17.6 Å². The van der Waals surface area contributed by atoms with E-state index in [9.17, 15) is 14.9 Å². The van der Waals surface area contributed by atoms with Crippen molar-refractivity contribution in [2.75, 3.05) is 5.32 Å². The molecule has 0 fully saturated rings. The molecule has 0 saturated heterocycles. The number of thiocarbonyl (C=S) groups is 1. The van der Waals surface area contributed by atoms with Gasteiger partial charge in [0.05, 0.1) is 11.3 Å². The minimum Gasteiger partial charge on any atom is -0.331 e. The van der Waals surface area contributed by atoms with Crippen molar-refractivity contribution >= 4 is 34.6 Å². The van der Waals surface area contributed by atoms with Gasteiger partial charge in [-0.05, 0) is 42.3 Å². The molecule has 0 aliphatic rings. The maximum atomic E-state index is 12.0. The Hall–Kier alpha value is -3.00. The van der Waals surface area contributed by atoms with Crippen molar-refractivity contribution in [3.8, 4) is 0 Å². The fourth-order valence-corrected chi connectivity index (χ4v) is 2.59. The van der Waals surface area contributed by atoms with E-state index in [1.54, 1.807) is 12.1 Å². The molecule has 2 aromatic carbocycles. The van der Waals surface area contributed by atoms with E-state index in [4.69, 9.17) is 12.2 Å². The normalized spacial score (nSPS) is 10.1. The van der Waals surface area contributed by atoms with Gasteiger partial charge in [-0.25, -0.2) is 0 Å². The second-order valence-corrected chi connectivity index (χ2v) is 6.10. The molecule has 0 radical (unpaired) electrons. The monoisotopic (exact) mass is 372 g/mol. The summed E-state index contributed by atoms with van der Waals surface area (Å²) < 4.78 is 0. The molecule has 2 aromatic rings. The number of benzene rings is 2. The summed E-state index contributed by atoms with van der Waals surface area (Å²) >= 11 is 5.22. The molecule has 3 N–H and O–H groups in total. The molecule has 0 unspecified atom stereocenters. The number of anilines is 1. The summed E-state index contributed by atoms with van der Waals surface area (Å²) in [5.74, 6) is -0.302. The molecule has 0 atom stereocenters. The molecule has 0 bridgehead atoms. The number of carbonyl (C=O) groups is 1. The lowest BCUT2D eigenvalue weighted by atomic mass is 10.1. The smallest absolute Gasteiger partial charge is 0.269 e. The number of nitro groups is 1. The van der Waals surface area contributed by atoms with E-state index in [1.807, 2.05) is 25.1 Å². The van der Waals surface area contributed by atoms with Crippen LogP contribution in [0.4, 0.5) is 11.4 Å². The third-order valence-electron chi connectivity index (χ3n) is 3.81. The number of para-hydroxylation sites is 1. The van der Waals surface area contributed by atoms with Crippen molar-refractivity contribution in [3.63, 3.8) is 0 Å². The van der Waals surface area contributed by atoms with Gasteiger partial charge in [0, 0.05) is 17.8 Å². The molecular weight excluding hydrogens is 352 g/mol. The van der Waals surface area contributed by atoms with Crippen molar-refractivity contribution < 1.29 is 9.72 Å². The maximum Gasteiger partial charge on any atom is 0.269 e. The standard InChI is InChI=1S/C18H20N4O3S/c1-3-14-6-4-5-12(2)17(14)19-18(26)21-20-16(23)11-13-7-9-15(10-8-13)22(24)25/h4-10H,3,11H2,1-2H3,(H,20,23)(H2,19,21,26). The van der Waals surface area contributed by atoms with Gasteiger partial charge in [-0.2, -0.15) is 0 Å². The number of aryl methyl sites for hydroxylation is 2. The third-order valence-corrected chi connectivity index (χ3v) is 4.01. The van der Waals surface area contributed by atoms with Crippen molar-refractivity contribution in [1.29, 1.82) is 0 Å². The number of nitrogens with zero attached hydrogens (tertiary/aromatic N) is 1. The van der Waals surface area contributed by atoms with Crippen LogP contribution in [-0.4, -0.2) is 15.9 Å². The van der Waals surface area contributed by atoms with E-state index in [2.05, 4.69) is 23.1 Å². The minimum atomic E-state index is -0.481. The quantitative estimate of drug-likeness (QED) is 0.424. The van der Waals surface area contributed by atoms with Crippen LogP contribution in [0.15, 0.2) is 42.5 Å². The molecule has 0 saturated carbocycles. The summed E-state index contributed by atoms with van der Waals surface area (Å²) in [5.41, 5.74) is 8.97. The van der Waals surface area contributed by atoms with Crippen LogP contribution in [0.1, 0.15) is 23.6 Å². The van der Waals surface area contributed by atoms with Crippen LogP contribution in [0.3, 0.4) is 0 Å². The van der Waals surface area contributed by atoms with Gasteiger partial charge < -0.3 is 5.32 Å². The summed E-state index contributed by atoms with van der Waals surface area (Å²) in [6, 6.07) is 11.8. The predicted octanol–water partition coefficient (Wildman–Crippen LogP) is 3.03. The molecule has 0 spiro atoms. The number of rotatable bonds is 5. The third kappa shape index (κ3) is 5.25. The summed E-state index contributed by atoms with van der Waals surface area (Å²) in [6.45, 7) is 4.04. The van der Waals surface area contributed by atoms with Crippen LogP contribution in [0.2, 0.25) is 0 Å². The number of carbonyl (C=O) groups excluding carboxylic acids is 1. The highest BCUT2D eigenvalue weighted by Gasteiger charge is 2.09. The average Bonchev–Trinajstić information content (AvgIpc) is 2.62. The van der Waals surface area contributed by atoms with E-state index in [0.29, 0.717) is 5.56 Å². The Morgan fingerprint density at radius 1 is 1.15 bits per heavy atom. The van der Waals surface area contributed by atoms with E-state index < -0.39 is 4.92 Å². The predicted molar refractivity (Wildman–Crippen MR) is 105 cm³/mol. The molecule has 1 amide bonds. The molecule has 2 rings (SSSR count). The van der Waals surface area contributed by atoms with Gasteiger partial charge >= 0.3 is 0 Å². The van der Waals surface area contributed by atoms with Crippen molar-refractivity contribution in [2.45, 2.75) is 26.7 Å². The van der Waals surface area contributed by atoms with Gasteiger partial charge in [0.1, 0.15) is 0 Å². The highest BCUT2D eigenvalue weighted by molar-refractivity contribution is 7.80. The lowest BCUT2D eigenvalue weighted by Gasteiger charge is -2.16.